The van der Waals surface area contributed by atoms with Crippen LogP contribution in [-0.4, -0.2) is 66.5 Å². The van der Waals surface area contributed by atoms with Gasteiger partial charge in [-0.05, 0) is 50.6 Å². The number of phenols is 1. The number of piperazine rings is 1. The lowest BCUT2D eigenvalue weighted by Crippen LogP contribution is -2.59. The molecule has 1 aliphatic rings. The van der Waals surface area contributed by atoms with Crippen LogP contribution in [0.4, 0.5) is 0 Å². The molecule has 150 valence electrons. The van der Waals surface area contributed by atoms with Gasteiger partial charge < -0.3 is 14.9 Å². The number of nitrogens with zero attached hydrogens (tertiary/aromatic N) is 5. The lowest BCUT2D eigenvalue weighted by Gasteiger charge is -2.44. The van der Waals surface area contributed by atoms with Crippen LogP contribution in [-0.2, 0) is 0 Å². The molecule has 1 aliphatic heterocycles. The topological polar surface area (TPSA) is 91.0 Å². The highest BCUT2D eigenvalue weighted by molar-refractivity contribution is 5.97. The van der Waals surface area contributed by atoms with Gasteiger partial charge in [-0.25, -0.2) is 0 Å². The molecule has 0 spiro atoms. The molecule has 1 fully saturated rings. The van der Waals surface area contributed by atoms with Crippen LogP contribution in [0, 0.1) is 6.92 Å². The average molecular weight is 393 g/mol. The summed E-state index contributed by atoms with van der Waals surface area (Å²) in [5, 5.41) is 17.6. The number of rotatable bonds is 2. The lowest BCUT2D eigenvalue weighted by molar-refractivity contribution is 0.0265. The highest BCUT2D eigenvalue weighted by Gasteiger charge is 2.36. The van der Waals surface area contributed by atoms with Crippen LogP contribution in [0.2, 0.25) is 0 Å². The Morgan fingerprint density at radius 2 is 1.72 bits per heavy atom. The zero-order valence-corrected chi connectivity index (χ0v) is 16.6. The van der Waals surface area contributed by atoms with Crippen molar-refractivity contribution in [2.75, 3.05) is 13.1 Å². The van der Waals surface area contributed by atoms with Gasteiger partial charge in [-0.1, -0.05) is 12.1 Å². The van der Waals surface area contributed by atoms with Crippen LogP contribution in [0.1, 0.15) is 40.3 Å². The molecule has 1 aromatic carbocycles. The highest BCUT2D eigenvalue weighted by atomic mass is 16.3. The first kappa shape index (κ1) is 18.9. The summed E-state index contributed by atoms with van der Waals surface area (Å²) in [4.78, 5) is 29.9. The SMILES string of the molecule is Cc1ccc(O)cc1C(=O)N1CC(C)N(C(=O)c2cccc3nncn23)CC1C. The van der Waals surface area contributed by atoms with Crippen LogP contribution in [0.15, 0.2) is 42.7 Å². The maximum Gasteiger partial charge on any atom is 0.271 e. The molecule has 0 aliphatic carbocycles. The maximum atomic E-state index is 13.2. The molecule has 0 saturated carbocycles. The van der Waals surface area contributed by atoms with E-state index in [0.717, 1.165) is 5.56 Å². The summed E-state index contributed by atoms with van der Waals surface area (Å²) in [6, 6.07) is 9.82. The Morgan fingerprint density at radius 3 is 2.45 bits per heavy atom. The van der Waals surface area contributed by atoms with E-state index in [1.165, 1.54) is 12.4 Å². The van der Waals surface area contributed by atoms with E-state index in [1.807, 2.05) is 20.8 Å². The molecule has 1 saturated heterocycles. The highest BCUT2D eigenvalue weighted by Crippen LogP contribution is 2.23. The fraction of sp³-hybridized carbons (Fsp3) is 0.333. The molecule has 8 heteroatoms. The lowest BCUT2D eigenvalue weighted by atomic mass is 10.0. The summed E-state index contributed by atoms with van der Waals surface area (Å²) in [7, 11) is 0. The molecule has 3 aromatic rings. The van der Waals surface area contributed by atoms with Crippen LogP contribution in [0.25, 0.3) is 5.65 Å². The van der Waals surface area contributed by atoms with E-state index in [2.05, 4.69) is 10.2 Å². The maximum absolute atomic E-state index is 13.2. The number of pyridine rings is 1. The van der Waals surface area contributed by atoms with Gasteiger partial charge in [0, 0.05) is 30.7 Å². The predicted molar refractivity (Wildman–Crippen MR) is 107 cm³/mol. The monoisotopic (exact) mass is 393 g/mol. The fourth-order valence-electron chi connectivity index (χ4n) is 3.86. The van der Waals surface area contributed by atoms with Crippen molar-refractivity contribution in [3.63, 3.8) is 0 Å². The number of hydrogen-bond acceptors (Lipinski definition) is 5. The smallest absolute Gasteiger partial charge is 0.271 e. The Kier molecular flexibility index (Phi) is 4.70. The molecule has 2 atom stereocenters. The minimum atomic E-state index is -0.162. The second-order valence-electron chi connectivity index (χ2n) is 7.58. The van der Waals surface area contributed by atoms with Gasteiger partial charge in [0.2, 0.25) is 0 Å². The molecule has 0 radical (unpaired) electrons. The van der Waals surface area contributed by atoms with E-state index in [-0.39, 0.29) is 29.6 Å². The first-order valence-corrected chi connectivity index (χ1v) is 9.57. The molecule has 29 heavy (non-hydrogen) atoms. The van der Waals surface area contributed by atoms with Gasteiger partial charge in [-0.15, -0.1) is 10.2 Å². The summed E-state index contributed by atoms with van der Waals surface area (Å²) in [5.74, 6) is -0.184. The van der Waals surface area contributed by atoms with Crippen molar-refractivity contribution in [2.24, 2.45) is 0 Å². The van der Waals surface area contributed by atoms with E-state index in [9.17, 15) is 14.7 Å². The summed E-state index contributed by atoms with van der Waals surface area (Å²) >= 11 is 0. The third kappa shape index (κ3) is 3.30. The average Bonchev–Trinajstić information content (AvgIpc) is 3.19. The molecule has 8 nitrogen and oxygen atoms in total. The van der Waals surface area contributed by atoms with Gasteiger partial charge in [0.05, 0.1) is 0 Å². The number of aromatic nitrogens is 3. The van der Waals surface area contributed by atoms with Gasteiger partial charge >= 0.3 is 0 Å². The van der Waals surface area contributed by atoms with Crippen molar-refractivity contribution in [3.05, 3.63) is 59.5 Å². The van der Waals surface area contributed by atoms with Gasteiger partial charge in [0.25, 0.3) is 11.8 Å². The molecular weight excluding hydrogens is 370 g/mol. The molecule has 2 aromatic heterocycles. The number of aromatic hydroxyl groups is 1. The number of benzene rings is 1. The molecular formula is C21H23N5O3. The number of amides is 2. The molecule has 4 rings (SSSR count). The standard InChI is InChI=1S/C21H23N5O3/c1-13-7-8-16(27)9-17(13)20(28)24-10-15(3)25(11-14(24)2)21(29)18-5-4-6-19-23-22-12-26(18)19/h4-9,12,14-15,27H,10-11H2,1-3H3. The van der Waals surface area contributed by atoms with Crippen LogP contribution >= 0.6 is 0 Å². The van der Waals surface area contributed by atoms with Crippen molar-refractivity contribution < 1.29 is 14.7 Å². The van der Waals surface area contributed by atoms with Crippen molar-refractivity contribution in [3.8, 4) is 5.75 Å². The van der Waals surface area contributed by atoms with Gasteiger partial charge in [-0.2, -0.15) is 0 Å². The summed E-state index contributed by atoms with van der Waals surface area (Å²) < 4.78 is 1.67. The van der Waals surface area contributed by atoms with Crippen LogP contribution in [0.3, 0.4) is 0 Å². The van der Waals surface area contributed by atoms with Crippen LogP contribution < -0.4 is 0 Å². The zero-order chi connectivity index (χ0) is 20.7. The number of fused-ring (bicyclic) bond motifs is 1. The Morgan fingerprint density at radius 1 is 1.03 bits per heavy atom. The second kappa shape index (κ2) is 7.20. The van der Waals surface area contributed by atoms with E-state index in [1.54, 1.807) is 44.5 Å². The number of aryl methyl sites for hydroxylation is 1. The Labute approximate surface area is 168 Å². The van der Waals surface area contributed by atoms with E-state index in [0.29, 0.717) is 30.0 Å². The predicted octanol–water partition coefficient (Wildman–Crippen LogP) is 2.12. The number of carbonyl (C=O) groups is 2. The first-order chi connectivity index (χ1) is 13.9. The third-order valence-electron chi connectivity index (χ3n) is 5.51. The van der Waals surface area contributed by atoms with Crippen molar-refractivity contribution in [1.29, 1.82) is 0 Å². The summed E-state index contributed by atoms with van der Waals surface area (Å²) in [6.45, 7) is 6.55. The minimum absolute atomic E-state index is 0.0653. The van der Waals surface area contributed by atoms with E-state index < -0.39 is 0 Å². The van der Waals surface area contributed by atoms with Gasteiger partial charge in [-0.3, -0.25) is 14.0 Å². The minimum Gasteiger partial charge on any atom is -0.508 e. The second-order valence-corrected chi connectivity index (χ2v) is 7.58. The van der Waals surface area contributed by atoms with Gasteiger partial charge in [0.15, 0.2) is 5.65 Å². The molecule has 1 N–H and O–H groups in total. The largest absolute Gasteiger partial charge is 0.508 e. The Balaban J connectivity index is 1.57. The normalized spacial score (nSPS) is 19.6. The van der Waals surface area contributed by atoms with Crippen molar-refractivity contribution in [1.82, 2.24) is 24.4 Å². The van der Waals surface area contributed by atoms with Crippen molar-refractivity contribution >= 4 is 17.5 Å². The van der Waals surface area contributed by atoms with Gasteiger partial charge in [0.1, 0.15) is 17.8 Å². The summed E-state index contributed by atoms with van der Waals surface area (Å²) in [6.07, 6.45) is 1.53. The Hall–Kier alpha value is -3.42. The quantitative estimate of drug-likeness (QED) is 0.720. The number of phenolic OH excluding ortho intramolecular Hbond substituents is 1. The Bertz CT molecular complexity index is 1090. The van der Waals surface area contributed by atoms with Crippen molar-refractivity contribution in [2.45, 2.75) is 32.9 Å². The third-order valence-corrected chi connectivity index (χ3v) is 5.51. The van der Waals surface area contributed by atoms with E-state index >= 15 is 0 Å². The summed E-state index contributed by atoms with van der Waals surface area (Å²) in [5.41, 5.74) is 2.41. The number of carbonyl (C=O) groups excluding carboxylic acids is 2. The van der Waals surface area contributed by atoms with Crippen LogP contribution in [0.5, 0.6) is 5.75 Å². The number of hydrogen-bond donors (Lipinski definition) is 1. The molecule has 0 bridgehead atoms. The molecule has 2 amide bonds. The zero-order valence-electron chi connectivity index (χ0n) is 16.6. The fourth-order valence-corrected chi connectivity index (χ4v) is 3.86. The molecule has 2 unspecified atom stereocenters. The van der Waals surface area contributed by atoms with E-state index in [4.69, 9.17) is 0 Å². The molecule has 3 heterocycles. The first-order valence-electron chi connectivity index (χ1n) is 9.57.